The summed E-state index contributed by atoms with van der Waals surface area (Å²) in [6.07, 6.45) is 3.52. The lowest BCUT2D eigenvalue weighted by atomic mass is 10.1. The van der Waals surface area contributed by atoms with Gasteiger partial charge in [-0.2, -0.15) is 0 Å². The third kappa shape index (κ3) is 3.33. The zero-order valence-corrected chi connectivity index (χ0v) is 11.8. The van der Waals surface area contributed by atoms with Crippen molar-refractivity contribution in [2.75, 3.05) is 18.4 Å². The third-order valence-electron chi connectivity index (χ3n) is 3.49. The van der Waals surface area contributed by atoms with Crippen LogP contribution in [0.25, 0.3) is 0 Å². The van der Waals surface area contributed by atoms with Crippen molar-refractivity contribution in [3.8, 4) is 0 Å². The summed E-state index contributed by atoms with van der Waals surface area (Å²) < 4.78 is 0. The lowest BCUT2D eigenvalue weighted by molar-refractivity contribution is -0.121. The van der Waals surface area contributed by atoms with E-state index >= 15 is 0 Å². The predicted octanol–water partition coefficient (Wildman–Crippen LogP) is 1.66. The number of thiophene rings is 1. The normalized spacial score (nSPS) is 17.9. The van der Waals surface area contributed by atoms with Crippen LogP contribution in [0.1, 0.15) is 36.5 Å². The van der Waals surface area contributed by atoms with Crippen LogP contribution in [0.3, 0.4) is 0 Å². The zero-order chi connectivity index (χ0) is 13.8. The number of likely N-dealkylation sites (tertiary alicyclic amines) is 1. The monoisotopic (exact) mass is 281 g/mol. The number of nitrogens with one attached hydrogen (secondary N) is 1. The minimum absolute atomic E-state index is 0.0770. The molecule has 2 rings (SSSR count). The number of carbonyl (C=O) groups excluding carboxylic acids is 2. The van der Waals surface area contributed by atoms with Gasteiger partial charge in [0, 0.05) is 0 Å². The van der Waals surface area contributed by atoms with E-state index in [2.05, 4.69) is 10.2 Å². The van der Waals surface area contributed by atoms with Crippen molar-refractivity contribution in [2.45, 2.75) is 32.2 Å². The summed E-state index contributed by atoms with van der Waals surface area (Å²) in [5, 5.41) is 5.10. The quantitative estimate of drug-likeness (QED) is 0.881. The molecule has 1 aliphatic rings. The van der Waals surface area contributed by atoms with Crippen LogP contribution in [0.2, 0.25) is 0 Å². The molecule has 0 bridgehead atoms. The number of hydrogen-bond acceptors (Lipinski definition) is 4. The van der Waals surface area contributed by atoms with E-state index in [9.17, 15) is 9.59 Å². The van der Waals surface area contributed by atoms with Crippen LogP contribution in [0.4, 0.5) is 5.00 Å². The van der Waals surface area contributed by atoms with E-state index in [1.165, 1.54) is 17.8 Å². The molecule has 19 heavy (non-hydrogen) atoms. The number of piperidine rings is 1. The van der Waals surface area contributed by atoms with Crippen molar-refractivity contribution in [2.24, 2.45) is 5.73 Å². The van der Waals surface area contributed by atoms with Gasteiger partial charge in [0.1, 0.15) is 5.00 Å². The number of amides is 2. The SMILES string of the molecule is C[C@@H](C(=O)Nc1sccc1C(N)=O)N1CCCCC1. The minimum atomic E-state index is -0.512. The van der Waals surface area contributed by atoms with Crippen molar-refractivity contribution in [1.29, 1.82) is 0 Å². The minimum Gasteiger partial charge on any atom is -0.366 e. The molecule has 3 N–H and O–H groups in total. The first-order valence-corrected chi connectivity index (χ1v) is 7.40. The van der Waals surface area contributed by atoms with Gasteiger partial charge < -0.3 is 11.1 Å². The second-order valence-corrected chi connectivity index (χ2v) is 5.71. The Kier molecular flexibility index (Phi) is 4.55. The number of anilines is 1. The molecule has 0 unspecified atom stereocenters. The number of nitrogens with zero attached hydrogens (tertiary/aromatic N) is 1. The van der Waals surface area contributed by atoms with Crippen molar-refractivity contribution < 1.29 is 9.59 Å². The van der Waals surface area contributed by atoms with Gasteiger partial charge in [0.25, 0.3) is 5.91 Å². The molecule has 1 fully saturated rings. The maximum absolute atomic E-state index is 12.2. The lowest BCUT2D eigenvalue weighted by Gasteiger charge is -2.31. The molecule has 1 saturated heterocycles. The van der Waals surface area contributed by atoms with Gasteiger partial charge in [-0.05, 0) is 44.3 Å². The van der Waals surface area contributed by atoms with Gasteiger partial charge in [0.15, 0.2) is 0 Å². The van der Waals surface area contributed by atoms with Crippen molar-refractivity contribution >= 4 is 28.2 Å². The Morgan fingerprint density at radius 3 is 2.68 bits per heavy atom. The summed E-state index contributed by atoms with van der Waals surface area (Å²) in [7, 11) is 0. The molecule has 0 aliphatic carbocycles. The Hall–Kier alpha value is -1.40. The van der Waals surface area contributed by atoms with Gasteiger partial charge in [-0.15, -0.1) is 11.3 Å². The van der Waals surface area contributed by atoms with E-state index < -0.39 is 5.91 Å². The van der Waals surface area contributed by atoms with Crippen molar-refractivity contribution in [3.05, 3.63) is 17.0 Å². The van der Waals surface area contributed by atoms with Gasteiger partial charge in [-0.1, -0.05) is 6.42 Å². The number of hydrogen-bond donors (Lipinski definition) is 2. The molecule has 2 heterocycles. The smallest absolute Gasteiger partial charge is 0.251 e. The molecule has 2 amide bonds. The Balaban J connectivity index is 1.99. The summed E-state index contributed by atoms with van der Waals surface area (Å²) in [5.41, 5.74) is 5.64. The first-order chi connectivity index (χ1) is 9.09. The Labute approximate surface area is 116 Å². The largest absolute Gasteiger partial charge is 0.366 e. The maximum atomic E-state index is 12.2. The highest BCUT2D eigenvalue weighted by Gasteiger charge is 2.24. The predicted molar refractivity (Wildman–Crippen MR) is 76.4 cm³/mol. The van der Waals surface area contributed by atoms with Gasteiger partial charge in [-0.3, -0.25) is 14.5 Å². The third-order valence-corrected chi connectivity index (χ3v) is 4.32. The molecule has 5 nitrogen and oxygen atoms in total. The van der Waals surface area contributed by atoms with Crippen LogP contribution in [-0.4, -0.2) is 35.8 Å². The first-order valence-electron chi connectivity index (χ1n) is 6.52. The van der Waals surface area contributed by atoms with E-state index in [4.69, 9.17) is 5.73 Å². The molecule has 0 radical (unpaired) electrons. The van der Waals surface area contributed by atoms with Crippen LogP contribution in [0.15, 0.2) is 11.4 Å². The molecule has 6 heteroatoms. The molecule has 1 atom stereocenters. The molecule has 0 spiro atoms. The van der Waals surface area contributed by atoms with Crippen molar-refractivity contribution in [3.63, 3.8) is 0 Å². The van der Waals surface area contributed by atoms with Gasteiger partial charge >= 0.3 is 0 Å². The van der Waals surface area contributed by atoms with Gasteiger partial charge in [-0.25, -0.2) is 0 Å². The topological polar surface area (TPSA) is 75.4 Å². The van der Waals surface area contributed by atoms with Gasteiger partial charge in [0.2, 0.25) is 5.91 Å². The molecule has 0 aromatic carbocycles. The molecule has 104 valence electrons. The fourth-order valence-corrected chi connectivity index (χ4v) is 3.08. The van der Waals surface area contributed by atoms with E-state index in [1.807, 2.05) is 6.92 Å². The second-order valence-electron chi connectivity index (χ2n) is 4.79. The highest BCUT2D eigenvalue weighted by Crippen LogP contribution is 2.23. The fourth-order valence-electron chi connectivity index (χ4n) is 2.29. The van der Waals surface area contributed by atoms with Crippen LogP contribution in [0.5, 0.6) is 0 Å². The second kappa shape index (κ2) is 6.16. The van der Waals surface area contributed by atoms with Crippen LogP contribution >= 0.6 is 11.3 Å². The molecular weight excluding hydrogens is 262 g/mol. The standard InChI is InChI=1S/C13H19N3O2S/c1-9(16-6-3-2-4-7-16)12(18)15-13-10(11(14)17)5-8-19-13/h5,8-9H,2-4,6-7H2,1H3,(H2,14,17)(H,15,18)/t9-/m0/s1. The summed E-state index contributed by atoms with van der Waals surface area (Å²) in [6.45, 7) is 3.82. The lowest BCUT2D eigenvalue weighted by Crippen LogP contribution is -2.44. The number of rotatable bonds is 4. The fraction of sp³-hybridized carbons (Fsp3) is 0.538. The van der Waals surface area contributed by atoms with Crippen LogP contribution in [-0.2, 0) is 4.79 Å². The highest BCUT2D eigenvalue weighted by molar-refractivity contribution is 7.14. The zero-order valence-electron chi connectivity index (χ0n) is 11.0. The van der Waals surface area contributed by atoms with Gasteiger partial charge in [0.05, 0.1) is 11.6 Å². The van der Waals surface area contributed by atoms with E-state index in [0.29, 0.717) is 10.6 Å². The number of carbonyl (C=O) groups is 2. The molecule has 1 aromatic heterocycles. The number of primary amides is 1. The first kappa shape index (κ1) is 14.0. The van der Waals surface area contributed by atoms with Crippen LogP contribution in [0, 0.1) is 0 Å². The molecular formula is C13H19N3O2S. The average molecular weight is 281 g/mol. The molecule has 0 saturated carbocycles. The molecule has 1 aromatic rings. The average Bonchev–Trinajstić information content (AvgIpc) is 2.87. The van der Waals surface area contributed by atoms with E-state index in [-0.39, 0.29) is 11.9 Å². The highest BCUT2D eigenvalue weighted by atomic mass is 32.1. The summed E-state index contributed by atoms with van der Waals surface area (Å²) >= 11 is 1.32. The maximum Gasteiger partial charge on any atom is 0.251 e. The van der Waals surface area contributed by atoms with Crippen LogP contribution < -0.4 is 11.1 Å². The Bertz CT molecular complexity index is 466. The Morgan fingerprint density at radius 1 is 1.37 bits per heavy atom. The Morgan fingerprint density at radius 2 is 2.05 bits per heavy atom. The molecule has 1 aliphatic heterocycles. The summed E-state index contributed by atoms with van der Waals surface area (Å²) in [6, 6.07) is 1.46. The van der Waals surface area contributed by atoms with E-state index in [1.54, 1.807) is 11.4 Å². The van der Waals surface area contributed by atoms with Crippen molar-refractivity contribution in [1.82, 2.24) is 4.90 Å². The van der Waals surface area contributed by atoms with E-state index in [0.717, 1.165) is 25.9 Å². The number of nitrogens with two attached hydrogens (primary N) is 1. The summed E-state index contributed by atoms with van der Waals surface area (Å²) in [4.78, 5) is 25.6. The summed E-state index contributed by atoms with van der Waals surface area (Å²) in [5.74, 6) is -0.589.